The average molecular weight is 270 g/mol. The number of aromatic nitrogens is 2. The third-order valence-electron chi connectivity index (χ3n) is 3.02. The molecule has 3 nitrogen and oxygen atoms in total. The highest BCUT2D eigenvalue weighted by Gasteiger charge is 2.27. The number of piperidine rings is 1. The maximum Gasteiger partial charge on any atom is 0.150 e. The average Bonchev–Trinajstić information content (AvgIpc) is 2.23. The Labute approximate surface area is 99.0 Å². The number of nitrogens with zero attached hydrogens (tertiary/aromatic N) is 3. The van der Waals surface area contributed by atoms with E-state index in [1.54, 1.807) is 12.4 Å². The molecule has 82 valence electrons. The molecule has 1 aliphatic rings. The van der Waals surface area contributed by atoms with Gasteiger partial charge in [-0.25, -0.2) is 4.98 Å². The first-order valence-corrected chi connectivity index (χ1v) is 6.30. The van der Waals surface area contributed by atoms with Crippen LogP contribution in [0.4, 0.5) is 5.82 Å². The Morgan fingerprint density at radius 3 is 2.87 bits per heavy atom. The van der Waals surface area contributed by atoms with Crippen LogP contribution in [0.15, 0.2) is 12.4 Å². The van der Waals surface area contributed by atoms with Crippen molar-refractivity contribution in [3.8, 4) is 0 Å². The van der Waals surface area contributed by atoms with Gasteiger partial charge in [0.15, 0.2) is 0 Å². The van der Waals surface area contributed by atoms with Gasteiger partial charge in [-0.1, -0.05) is 15.9 Å². The second-order valence-electron chi connectivity index (χ2n) is 4.06. The quantitative estimate of drug-likeness (QED) is 0.734. The van der Waals surface area contributed by atoms with Gasteiger partial charge in [0.25, 0.3) is 0 Å². The van der Waals surface area contributed by atoms with Crippen molar-refractivity contribution in [3.05, 3.63) is 18.1 Å². The smallest absolute Gasteiger partial charge is 0.150 e. The van der Waals surface area contributed by atoms with Crippen LogP contribution in [0.3, 0.4) is 0 Å². The van der Waals surface area contributed by atoms with Gasteiger partial charge < -0.3 is 4.90 Å². The second-order valence-corrected chi connectivity index (χ2v) is 5.23. The van der Waals surface area contributed by atoms with Crippen LogP contribution in [-0.2, 0) is 0 Å². The van der Waals surface area contributed by atoms with Crippen LogP contribution in [0.2, 0.25) is 0 Å². The van der Waals surface area contributed by atoms with E-state index < -0.39 is 0 Å². The van der Waals surface area contributed by atoms with Gasteiger partial charge in [0.05, 0.1) is 5.69 Å². The van der Waals surface area contributed by atoms with E-state index in [-0.39, 0.29) is 0 Å². The number of alkyl halides is 1. The van der Waals surface area contributed by atoms with Crippen LogP contribution in [0.5, 0.6) is 0 Å². The summed E-state index contributed by atoms with van der Waals surface area (Å²) < 4.78 is 0. The second kappa shape index (κ2) is 4.47. The first kappa shape index (κ1) is 10.9. The van der Waals surface area contributed by atoms with E-state index in [0.29, 0.717) is 10.9 Å². The van der Waals surface area contributed by atoms with Gasteiger partial charge in [0.1, 0.15) is 5.82 Å². The Bertz CT molecular complexity index is 342. The van der Waals surface area contributed by atoms with E-state index in [0.717, 1.165) is 18.1 Å². The monoisotopic (exact) mass is 269 g/mol. The molecule has 2 rings (SSSR count). The predicted octanol–water partition coefficient (Wildman–Crippen LogP) is 2.54. The molecule has 0 aromatic carbocycles. The number of hydrogen-bond donors (Lipinski definition) is 0. The third kappa shape index (κ3) is 2.14. The molecule has 0 radical (unpaired) electrons. The van der Waals surface area contributed by atoms with Crippen LogP contribution in [0.25, 0.3) is 0 Å². The van der Waals surface area contributed by atoms with Gasteiger partial charge in [0, 0.05) is 29.8 Å². The van der Waals surface area contributed by atoms with Crippen LogP contribution in [0.1, 0.15) is 25.5 Å². The SMILES string of the molecule is Cc1nccnc1N1CCCC(Br)C1C. The Balaban J connectivity index is 2.26. The van der Waals surface area contributed by atoms with Crippen molar-refractivity contribution in [3.63, 3.8) is 0 Å². The maximum absolute atomic E-state index is 4.43. The van der Waals surface area contributed by atoms with Crippen molar-refractivity contribution < 1.29 is 0 Å². The van der Waals surface area contributed by atoms with Crippen molar-refractivity contribution in [2.45, 2.75) is 37.6 Å². The molecule has 1 aromatic rings. The molecule has 0 aliphatic carbocycles. The first-order valence-electron chi connectivity index (χ1n) is 5.38. The minimum absolute atomic E-state index is 0.495. The van der Waals surface area contributed by atoms with Crippen molar-refractivity contribution >= 4 is 21.7 Å². The molecule has 0 saturated carbocycles. The summed E-state index contributed by atoms with van der Waals surface area (Å²) in [6.45, 7) is 5.35. The lowest BCUT2D eigenvalue weighted by molar-refractivity contribution is 0.497. The zero-order valence-electron chi connectivity index (χ0n) is 9.15. The molecule has 1 saturated heterocycles. The van der Waals surface area contributed by atoms with E-state index in [2.05, 4.69) is 37.7 Å². The Hall–Kier alpha value is -0.640. The summed E-state index contributed by atoms with van der Waals surface area (Å²) >= 11 is 3.73. The van der Waals surface area contributed by atoms with Gasteiger partial charge in [0.2, 0.25) is 0 Å². The molecular formula is C11H16BrN3. The van der Waals surface area contributed by atoms with Gasteiger partial charge in [-0.3, -0.25) is 4.98 Å². The lowest BCUT2D eigenvalue weighted by Gasteiger charge is -2.38. The number of hydrogen-bond acceptors (Lipinski definition) is 3. The first-order chi connectivity index (χ1) is 7.20. The Morgan fingerprint density at radius 2 is 2.13 bits per heavy atom. The van der Waals surface area contributed by atoms with Crippen LogP contribution < -0.4 is 4.90 Å². The molecule has 1 aliphatic heterocycles. The topological polar surface area (TPSA) is 29.0 Å². The number of rotatable bonds is 1. The minimum Gasteiger partial charge on any atom is -0.351 e. The molecular weight excluding hydrogens is 254 g/mol. The van der Waals surface area contributed by atoms with Crippen LogP contribution >= 0.6 is 15.9 Å². The van der Waals surface area contributed by atoms with Gasteiger partial charge >= 0.3 is 0 Å². The standard InChI is InChI=1S/C11H16BrN3/c1-8-11(14-6-5-13-8)15-7-3-4-10(12)9(15)2/h5-6,9-10H,3-4,7H2,1-2H3. The van der Waals surface area contributed by atoms with Gasteiger partial charge in [-0.2, -0.15) is 0 Å². The van der Waals surface area contributed by atoms with Gasteiger partial charge in [-0.05, 0) is 26.7 Å². The maximum atomic E-state index is 4.43. The molecule has 2 unspecified atom stereocenters. The molecule has 4 heteroatoms. The van der Waals surface area contributed by atoms with Crippen molar-refractivity contribution in [1.29, 1.82) is 0 Å². The minimum atomic E-state index is 0.495. The Morgan fingerprint density at radius 1 is 1.40 bits per heavy atom. The highest BCUT2D eigenvalue weighted by molar-refractivity contribution is 9.09. The molecule has 0 bridgehead atoms. The Kier molecular flexibility index (Phi) is 3.24. The van der Waals surface area contributed by atoms with E-state index >= 15 is 0 Å². The third-order valence-corrected chi connectivity index (χ3v) is 4.24. The summed E-state index contributed by atoms with van der Waals surface area (Å²) in [5, 5.41) is 0. The number of aryl methyl sites for hydroxylation is 1. The lowest BCUT2D eigenvalue weighted by Crippen LogP contribution is -2.44. The van der Waals surface area contributed by atoms with Crippen LogP contribution in [-0.4, -0.2) is 27.4 Å². The zero-order chi connectivity index (χ0) is 10.8. The van der Waals surface area contributed by atoms with Gasteiger partial charge in [-0.15, -0.1) is 0 Å². The summed E-state index contributed by atoms with van der Waals surface area (Å²) in [7, 11) is 0. The zero-order valence-corrected chi connectivity index (χ0v) is 10.7. The molecule has 0 N–H and O–H groups in total. The van der Waals surface area contributed by atoms with E-state index in [9.17, 15) is 0 Å². The number of anilines is 1. The molecule has 15 heavy (non-hydrogen) atoms. The summed E-state index contributed by atoms with van der Waals surface area (Å²) in [6, 6.07) is 0.495. The summed E-state index contributed by atoms with van der Waals surface area (Å²) in [6.07, 6.45) is 5.99. The fraction of sp³-hybridized carbons (Fsp3) is 0.636. The summed E-state index contributed by atoms with van der Waals surface area (Å²) in [5.41, 5.74) is 1.02. The molecule has 1 aromatic heterocycles. The normalized spacial score (nSPS) is 26.7. The van der Waals surface area contributed by atoms with Crippen LogP contribution in [0, 0.1) is 6.92 Å². The highest BCUT2D eigenvalue weighted by Crippen LogP contribution is 2.28. The molecule has 1 fully saturated rings. The molecule has 0 amide bonds. The summed E-state index contributed by atoms with van der Waals surface area (Å²) in [4.78, 5) is 11.6. The largest absolute Gasteiger partial charge is 0.351 e. The van der Waals surface area contributed by atoms with Crippen molar-refractivity contribution in [2.24, 2.45) is 0 Å². The van der Waals surface area contributed by atoms with E-state index in [4.69, 9.17) is 0 Å². The fourth-order valence-corrected chi connectivity index (χ4v) is 2.69. The van der Waals surface area contributed by atoms with E-state index in [1.807, 2.05) is 6.92 Å². The highest BCUT2D eigenvalue weighted by atomic mass is 79.9. The van der Waals surface area contributed by atoms with Crippen molar-refractivity contribution in [2.75, 3.05) is 11.4 Å². The molecule has 2 heterocycles. The number of halogens is 1. The molecule has 2 atom stereocenters. The van der Waals surface area contributed by atoms with E-state index in [1.165, 1.54) is 12.8 Å². The predicted molar refractivity (Wildman–Crippen MR) is 65.5 cm³/mol. The van der Waals surface area contributed by atoms with Crippen molar-refractivity contribution in [1.82, 2.24) is 9.97 Å². The summed E-state index contributed by atoms with van der Waals surface area (Å²) in [5.74, 6) is 1.04. The fourth-order valence-electron chi connectivity index (χ4n) is 2.08. The molecule has 0 spiro atoms. The lowest BCUT2D eigenvalue weighted by atomic mass is 10.0.